The molecule has 57 valence electrons. The van der Waals surface area contributed by atoms with Gasteiger partial charge in [0.25, 0.3) is 0 Å². The molecule has 2 nitrogen and oxygen atoms in total. The fourth-order valence-electron chi connectivity index (χ4n) is 0.794. The van der Waals surface area contributed by atoms with Gasteiger partial charge < -0.3 is 0 Å². The van der Waals surface area contributed by atoms with Crippen molar-refractivity contribution in [3.63, 3.8) is 0 Å². The number of aryl methyl sites for hydroxylation is 2. The maximum atomic E-state index is 4.21. The van der Waals surface area contributed by atoms with Crippen molar-refractivity contribution in [3.05, 3.63) is 17.6 Å². The summed E-state index contributed by atoms with van der Waals surface area (Å²) in [5.74, 6) is 0.903. The van der Waals surface area contributed by atoms with Gasteiger partial charge in [-0.25, -0.2) is 0 Å². The number of aromatic nitrogens is 2. The zero-order chi connectivity index (χ0) is 8.85. The Kier molecular flexibility index (Phi) is 5.65. The van der Waals surface area contributed by atoms with E-state index in [4.69, 9.17) is 0 Å². The molecular weight excluding hydrogens is 325 g/mol. The molecule has 0 unspecified atom stereocenters. The van der Waals surface area contributed by atoms with Gasteiger partial charge in [0.2, 0.25) is 0 Å². The van der Waals surface area contributed by atoms with Crippen molar-refractivity contribution < 1.29 is 26.1 Å². The molecule has 0 saturated carbocycles. The Bertz CT molecular complexity index is 173. The Morgan fingerprint density at radius 2 is 1.73 bits per heavy atom. The zero-order valence-corrected chi connectivity index (χ0v) is 13.2. The first-order chi connectivity index (χ1) is 5.18. The Morgan fingerprint density at radius 3 is 2.09 bits per heavy atom. The molecule has 1 rings (SSSR count). The molecule has 0 aliphatic heterocycles. The van der Waals surface area contributed by atoms with Crippen LogP contribution in [0.2, 0.25) is 0 Å². The third-order valence-electron chi connectivity index (χ3n) is 1.02. The van der Waals surface area contributed by atoms with E-state index >= 15 is 0 Å². The van der Waals surface area contributed by atoms with Gasteiger partial charge in [0, 0.05) is 0 Å². The average molecular weight is 338 g/mol. The van der Waals surface area contributed by atoms with Gasteiger partial charge in [0.05, 0.1) is 0 Å². The Morgan fingerprint density at radius 1 is 1.18 bits per heavy atom. The quantitative estimate of drug-likeness (QED) is 0.667. The van der Waals surface area contributed by atoms with Crippen molar-refractivity contribution >= 4 is 3.20 Å². The molecule has 0 bridgehead atoms. The monoisotopic (exact) mass is 339 g/mol. The van der Waals surface area contributed by atoms with E-state index in [0.717, 1.165) is 11.5 Å². The minimum absolute atomic E-state index is 0.638. The van der Waals surface area contributed by atoms with Gasteiger partial charge in [0.15, 0.2) is 0 Å². The van der Waals surface area contributed by atoms with Crippen LogP contribution in [0.25, 0.3) is 0 Å². The summed E-state index contributed by atoms with van der Waals surface area (Å²) in [6.07, 6.45) is 0. The molecule has 1 heterocycles. The molecule has 0 fully saturated rings. The Balaban J connectivity index is 0.000000461. The van der Waals surface area contributed by atoms with Crippen LogP contribution >= 0.6 is 0 Å². The molecule has 1 aromatic heterocycles. The van der Waals surface area contributed by atoms with Crippen LogP contribution in [0.1, 0.15) is 25.4 Å². The predicted molar refractivity (Wildman–Crippen MR) is 42.5 cm³/mol. The van der Waals surface area contributed by atoms with E-state index < -0.39 is 0 Å². The van der Waals surface area contributed by atoms with E-state index in [1.54, 1.807) is 0 Å². The van der Waals surface area contributed by atoms with Gasteiger partial charge in [-0.3, -0.25) is 0 Å². The molecule has 0 radical (unpaired) electrons. The fourth-order valence-corrected chi connectivity index (χ4v) is 2.83. The van der Waals surface area contributed by atoms with E-state index in [-0.39, 0.29) is 0 Å². The molecular formula is C8H13HgN2. The third-order valence-corrected chi connectivity index (χ3v) is 2.43. The van der Waals surface area contributed by atoms with E-state index in [2.05, 4.69) is 16.0 Å². The molecule has 0 amide bonds. The summed E-state index contributed by atoms with van der Waals surface area (Å²) >= 11 is 0.638. The second-order valence-corrected chi connectivity index (χ2v) is 4.86. The van der Waals surface area contributed by atoms with Crippen LogP contribution in [0.5, 0.6) is 0 Å². The molecule has 0 saturated heterocycles. The van der Waals surface area contributed by atoms with Crippen LogP contribution in [-0.2, 0) is 26.1 Å². The average Bonchev–Trinajstić information content (AvgIpc) is 1.88. The van der Waals surface area contributed by atoms with Crippen LogP contribution < -0.4 is 3.20 Å². The van der Waals surface area contributed by atoms with Crippen molar-refractivity contribution in [3.8, 4) is 0 Å². The second kappa shape index (κ2) is 5.64. The number of nitrogens with zero attached hydrogens (tertiary/aromatic N) is 2. The van der Waals surface area contributed by atoms with Crippen molar-refractivity contribution in [1.82, 2.24) is 9.97 Å². The third kappa shape index (κ3) is 4.46. The molecule has 0 spiro atoms. The summed E-state index contributed by atoms with van der Waals surface area (Å²) in [6.45, 7) is 7.94. The standard InChI is InChI=1S/C6H7N2.C2H6.Hg/c1-5-3-4-7-6(2)8-5;1-2;/h3H,1-2H3;1-2H3;. The summed E-state index contributed by atoms with van der Waals surface area (Å²) in [4.78, 5) is 8.36. The number of hydrogen-bond donors (Lipinski definition) is 0. The first kappa shape index (κ1) is 11.0. The number of hydrogen-bond acceptors (Lipinski definition) is 2. The summed E-state index contributed by atoms with van der Waals surface area (Å²) < 4.78 is 1.24. The normalized spacial score (nSPS) is 8.55. The Hall–Kier alpha value is 0.0151. The Labute approximate surface area is 84.4 Å². The minimum atomic E-state index is 0.638. The van der Waals surface area contributed by atoms with Crippen LogP contribution in [0.3, 0.4) is 0 Å². The van der Waals surface area contributed by atoms with Gasteiger partial charge in [0.1, 0.15) is 0 Å². The molecule has 0 aliphatic rings. The molecule has 0 N–H and O–H groups in total. The van der Waals surface area contributed by atoms with Gasteiger partial charge in [-0.1, -0.05) is 13.8 Å². The van der Waals surface area contributed by atoms with Crippen molar-refractivity contribution in [2.75, 3.05) is 0 Å². The fraction of sp³-hybridized carbons (Fsp3) is 0.500. The first-order valence-corrected chi connectivity index (χ1v) is 6.57. The number of rotatable bonds is 0. The van der Waals surface area contributed by atoms with Crippen LogP contribution in [0.4, 0.5) is 0 Å². The zero-order valence-electron chi connectivity index (χ0n) is 7.68. The molecule has 0 atom stereocenters. The molecule has 3 heteroatoms. The summed E-state index contributed by atoms with van der Waals surface area (Å²) in [5.41, 5.74) is 1.09. The summed E-state index contributed by atoms with van der Waals surface area (Å²) in [7, 11) is 0. The van der Waals surface area contributed by atoms with Crippen LogP contribution in [0, 0.1) is 13.8 Å². The van der Waals surface area contributed by atoms with Crippen molar-refractivity contribution in [1.29, 1.82) is 0 Å². The van der Waals surface area contributed by atoms with Gasteiger partial charge in [-0.05, 0) is 0 Å². The second-order valence-electron chi connectivity index (χ2n) is 2.05. The van der Waals surface area contributed by atoms with Crippen LogP contribution in [0.15, 0.2) is 6.07 Å². The summed E-state index contributed by atoms with van der Waals surface area (Å²) in [6, 6.07) is 2.05. The van der Waals surface area contributed by atoms with Crippen molar-refractivity contribution in [2.24, 2.45) is 0 Å². The summed E-state index contributed by atoms with van der Waals surface area (Å²) in [5, 5.41) is 0. The van der Waals surface area contributed by atoms with E-state index in [1.807, 2.05) is 27.7 Å². The molecule has 1 aromatic rings. The molecule has 0 aromatic carbocycles. The van der Waals surface area contributed by atoms with E-state index in [9.17, 15) is 0 Å². The SMILES string of the molecule is CC.Cc1c[c]([Hg])nc(C)n1. The van der Waals surface area contributed by atoms with E-state index in [0.29, 0.717) is 26.1 Å². The van der Waals surface area contributed by atoms with Crippen LogP contribution in [-0.4, -0.2) is 9.97 Å². The maximum absolute atomic E-state index is 4.21. The predicted octanol–water partition coefficient (Wildman–Crippen LogP) is 1.29. The first-order valence-electron chi connectivity index (χ1n) is 3.83. The molecule has 0 aliphatic carbocycles. The van der Waals surface area contributed by atoms with Gasteiger partial charge in [-0.15, -0.1) is 0 Å². The molecule has 11 heavy (non-hydrogen) atoms. The topological polar surface area (TPSA) is 25.8 Å². The van der Waals surface area contributed by atoms with E-state index in [1.165, 1.54) is 3.20 Å². The van der Waals surface area contributed by atoms with Gasteiger partial charge >= 0.3 is 70.7 Å². The van der Waals surface area contributed by atoms with Crippen molar-refractivity contribution in [2.45, 2.75) is 27.7 Å². The van der Waals surface area contributed by atoms with Gasteiger partial charge in [-0.2, -0.15) is 0 Å².